The van der Waals surface area contributed by atoms with E-state index in [1.54, 1.807) is 11.3 Å². The lowest BCUT2D eigenvalue weighted by atomic mass is 10.1. The van der Waals surface area contributed by atoms with Gasteiger partial charge < -0.3 is 0 Å². The zero-order valence-electron chi connectivity index (χ0n) is 10.8. The summed E-state index contributed by atoms with van der Waals surface area (Å²) in [4.78, 5) is 4.46. The molecule has 3 N–H and O–H groups in total. The van der Waals surface area contributed by atoms with Gasteiger partial charge in [0.15, 0.2) is 0 Å². The predicted molar refractivity (Wildman–Crippen MR) is 73.1 cm³/mol. The Morgan fingerprint density at radius 2 is 2.39 bits per heavy atom. The number of nitrogens with one attached hydrogen (secondary N) is 1. The Hall–Kier alpha value is -1.24. The van der Waals surface area contributed by atoms with E-state index in [0.29, 0.717) is 0 Å². The monoisotopic (exact) mass is 265 g/mol. The molecule has 1 unspecified atom stereocenters. The Kier molecular flexibility index (Phi) is 4.46. The third kappa shape index (κ3) is 3.16. The molecule has 18 heavy (non-hydrogen) atoms. The fourth-order valence-corrected chi connectivity index (χ4v) is 2.52. The van der Waals surface area contributed by atoms with Crippen LogP contribution in [0, 0.1) is 6.92 Å². The molecule has 0 aliphatic carbocycles. The van der Waals surface area contributed by atoms with E-state index in [1.807, 2.05) is 24.0 Å². The topological polar surface area (TPSA) is 68.8 Å². The van der Waals surface area contributed by atoms with Crippen molar-refractivity contribution in [1.82, 2.24) is 20.2 Å². The average molecular weight is 265 g/mol. The van der Waals surface area contributed by atoms with Crippen molar-refractivity contribution in [2.75, 3.05) is 0 Å². The molecule has 2 aromatic heterocycles. The maximum absolute atomic E-state index is 5.63. The molecular formula is C12H19N5S. The number of nitrogens with two attached hydrogens (primary N) is 1. The molecule has 0 bridgehead atoms. The summed E-state index contributed by atoms with van der Waals surface area (Å²) in [5, 5.41) is 7.49. The van der Waals surface area contributed by atoms with E-state index in [0.717, 1.165) is 35.7 Å². The Morgan fingerprint density at radius 1 is 1.56 bits per heavy atom. The van der Waals surface area contributed by atoms with Crippen molar-refractivity contribution in [2.45, 2.75) is 39.3 Å². The number of hydrazine groups is 1. The highest BCUT2D eigenvalue weighted by atomic mass is 32.1. The number of hydrogen-bond acceptors (Lipinski definition) is 5. The van der Waals surface area contributed by atoms with E-state index < -0.39 is 0 Å². The first kappa shape index (κ1) is 13.2. The molecule has 2 aromatic rings. The van der Waals surface area contributed by atoms with E-state index in [2.05, 4.69) is 27.8 Å². The zero-order chi connectivity index (χ0) is 13.0. The largest absolute Gasteiger partial charge is 0.272 e. The van der Waals surface area contributed by atoms with Gasteiger partial charge in [0.25, 0.3) is 0 Å². The van der Waals surface area contributed by atoms with Crippen LogP contribution in [0.4, 0.5) is 0 Å². The molecule has 5 nitrogen and oxygen atoms in total. The molecule has 98 valence electrons. The summed E-state index contributed by atoms with van der Waals surface area (Å²) in [5.41, 5.74) is 5.02. The van der Waals surface area contributed by atoms with Gasteiger partial charge in [-0.2, -0.15) is 5.10 Å². The van der Waals surface area contributed by atoms with Gasteiger partial charge in [-0.25, -0.2) is 4.98 Å². The third-order valence-electron chi connectivity index (χ3n) is 2.79. The smallest absolute Gasteiger partial charge is 0.0897 e. The van der Waals surface area contributed by atoms with Crippen molar-refractivity contribution in [3.05, 3.63) is 34.0 Å². The minimum absolute atomic E-state index is 0.0668. The summed E-state index contributed by atoms with van der Waals surface area (Å²) in [7, 11) is 0. The van der Waals surface area contributed by atoms with Crippen molar-refractivity contribution in [3.8, 4) is 0 Å². The number of hydrogen-bond donors (Lipinski definition) is 2. The van der Waals surface area contributed by atoms with Crippen molar-refractivity contribution >= 4 is 11.3 Å². The van der Waals surface area contributed by atoms with Gasteiger partial charge in [0.2, 0.25) is 0 Å². The van der Waals surface area contributed by atoms with E-state index >= 15 is 0 Å². The minimum atomic E-state index is 0.0668. The predicted octanol–water partition coefficient (Wildman–Crippen LogP) is 1.81. The molecule has 0 fully saturated rings. The first-order chi connectivity index (χ1) is 8.72. The third-order valence-corrected chi connectivity index (χ3v) is 3.61. The zero-order valence-corrected chi connectivity index (χ0v) is 11.6. The fourth-order valence-electron chi connectivity index (χ4n) is 1.90. The van der Waals surface area contributed by atoms with Gasteiger partial charge in [0.05, 0.1) is 22.9 Å². The lowest BCUT2D eigenvalue weighted by Gasteiger charge is -2.12. The van der Waals surface area contributed by atoms with Crippen molar-refractivity contribution in [2.24, 2.45) is 5.84 Å². The van der Waals surface area contributed by atoms with Crippen molar-refractivity contribution in [3.63, 3.8) is 0 Å². The second-order valence-corrected chi connectivity index (χ2v) is 5.38. The second kappa shape index (κ2) is 6.08. The molecular weight excluding hydrogens is 246 g/mol. The first-order valence-electron chi connectivity index (χ1n) is 6.12. The molecule has 1 atom stereocenters. The summed E-state index contributed by atoms with van der Waals surface area (Å²) in [6, 6.07) is 0.0668. The highest BCUT2D eigenvalue weighted by Gasteiger charge is 2.14. The van der Waals surface area contributed by atoms with Gasteiger partial charge in [-0.3, -0.25) is 16.0 Å². The highest BCUT2D eigenvalue weighted by molar-refractivity contribution is 7.09. The van der Waals surface area contributed by atoms with Crippen LogP contribution in [0.15, 0.2) is 17.8 Å². The Balaban J connectivity index is 2.07. The lowest BCUT2D eigenvalue weighted by molar-refractivity contribution is 0.544. The van der Waals surface area contributed by atoms with Gasteiger partial charge in [0.1, 0.15) is 0 Å². The van der Waals surface area contributed by atoms with E-state index in [1.165, 1.54) is 0 Å². The second-order valence-electron chi connectivity index (χ2n) is 4.32. The van der Waals surface area contributed by atoms with Gasteiger partial charge in [0, 0.05) is 30.1 Å². The van der Waals surface area contributed by atoms with Crippen LogP contribution in [0.2, 0.25) is 0 Å². The van der Waals surface area contributed by atoms with Crippen molar-refractivity contribution in [1.29, 1.82) is 0 Å². The van der Waals surface area contributed by atoms with Crippen LogP contribution in [0.25, 0.3) is 0 Å². The number of rotatable bonds is 6. The number of aryl methyl sites for hydroxylation is 2. The Bertz CT molecular complexity index is 490. The molecule has 6 heteroatoms. The number of nitrogens with zero attached hydrogens (tertiary/aromatic N) is 3. The quantitative estimate of drug-likeness (QED) is 0.617. The van der Waals surface area contributed by atoms with E-state index in [-0.39, 0.29) is 6.04 Å². The summed E-state index contributed by atoms with van der Waals surface area (Å²) < 4.78 is 1.95. The maximum Gasteiger partial charge on any atom is 0.0897 e. The SMILES string of the molecule is CCCn1cc(C(Cc2csc(C)n2)NN)cn1. The average Bonchev–Trinajstić information content (AvgIpc) is 2.96. The van der Waals surface area contributed by atoms with Crippen molar-refractivity contribution < 1.29 is 0 Å². The first-order valence-corrected chi connectivity index (χ1v) is 7.00. The van der Waals surface area contributed by atoms with Crippen LogP contribution in [0.5, 0.6) is 0 Å². The van der Waals surface area contributed by atoms with Crippen LogP contribution in [-0.2, 0) is 13.0 Å². The molecule has 0 amide bonds. The Morgan fingerprint density at radius 3 is 3.00 bits per heavy atom. The summed E-state index contributed by atoms with van der Waals surface area (Å²) in [6.45, 7) is 5.09. The number of thiazole rings is 1. The van der Waals surface area contributed by atoms with Crippen LogP contribution < -0.4 is 11.3 Å². The van der Waals surface area contributed by atoms with Gasteiger partial charge in [-0.15, -0.1) is 11.3 Å². The van der Waals surface area contributed by atoms with Gasteiger partial charge in [-0.1, -0.05) is 6.92 Å². The summed E-state index contributed by atoms with van der Waals surface area (Å²) in [5.74, 6) is 5.63. The van der Waals surface area contributed by atoms with Crippen LogP contribution in [0.3, 0.4) is 0 Å². The molecule has 0 radical (unpaired) electrons. The molecule has 0 saturated heterocycles. The lowest BCUT2D eigenvalue weighted by Crippen LogP contribution is -2.29. The Labute approximate surface area is 111 Å². The normalized spacial score (nSPS) is 12.8. The van der Waals surface area contributed by atoms with Crippen LogP contribution in [-0.4, -0.2) is 14.8 Å². The van der Waals surface area contributed by atoms with Crippen LogP contribution in [0.1, 0.15) is 35.7 Å². The molecule has 0 aliphatic rings. The van der Waals surface area contributed by atoms with E-state index in [9.17, 15) is 0 Å². The maximum atomic E-state index is 5.63. The molecule has 2 rings (SSSR count). The molecule has 0 aliphatic heterocycles. The molecule has 0 aromatic carbocycles. The molecule has 0 spiro atoms. The highest BCUT2D eigenvalue weighted by Crippen LogP contribution is 2.18. The molecule has 2 heterocycles. The number of aromatic nitrogens is 3. The summed E-state index contributed by atoms with van der Waals surface area (Å²) >= 11 is 1.66. The van der Waals surface area contributed by atoms with Gasteiger partial charge in [-0.05, 0) is 13.3 Å². The minimum Gasteiger partial charge on any atom is -0.272 e. The molecule has 0 saturated carbocycles. The van der Waals surface area contributed by atoms with Crippen LogP contribution >= 0.6 is 11.3 Å². The van der Waals surface area contributed by atoms with Gasteiger partial charge >= 0.3 is 0 Å². The standard InChI is InChI=1S/C12H19N5S/c1-3-4-17-7-10(6-14-17)12(16-13)5-11-8-18-9(2)15-11/h6-8,12,16H,3-5,13H2,1-2H3. The summed E-state index contributed by atoms with van der Waals surface area (Å²) in [6.07, 6.45) is 5.79. The fraction of sp³-hybridized carbons (Fsp3) is 0.500. The van der Waals surface area contributed by atoms with E-state index in [4.69, 9.17) is 5.84 Å².